The van der Waals surface area contributed by atoms with Crippen LogP contribution in [0.25, 0.3) is 0 Å². The zero-order chi connectivity index (χ0) is 3.58. The summed E-state index contributed by atoms with van der Waals surface area (Å²) in [5.74, 6) is 0. The van der Waals surface area contributed by atoms with Gasteiger partial charge in [-0.25, -0.2) is 0 Å². The fourth-order valence-electron chi connectivity index (χ4n) is 0. The second-order valence-electron chi connectivity index (χ2n) is 0.268. The van der Waals surface area contributed by atoms with E-state index in [1.165, 1.54) is 0 Å². The van der Waals surface area contributed by atoms with Crippen molar-refractivity contribution in [1.82, 2.24) is 0 Å². The molecule has 0 heterocycles. The molecule has 5 heteroatoms. The van der Waals surface area contributed by atoms with Gasteiger partial charge in [0.25, 0.3) is 0 Å². The molecule has 3 N–H and O–H groups in total. The van der Waals surface area contributed by atoms with Gasteiger partial charge < -0.3 is 14.7 Å². The van der Waals surface area contributed by atoms with Gasteiger partial charge in [0.05, 0.1) is 0 Å². The summed E-state index contributed by atoms with van der Waals surface area (Å²) < 4.78 is 0. The Hall–Kier alpha value is 1.11. The molecular weight excluding hydrogens is 198 g/mol. The van der Waals surface area contributed by atoms with Crippen molar-refractivity contribution >= 4 is 32.5 Å². The number of hydrogen-bond acceptors (Lipinski definition) is 3. The van der Waals surface area contributed by atoms with Gasteiger partial charge in [0.2, 0.25) is 0 Å². The first-order valence-electron chi connectivity index (χ1n) is 0.600. The van der Waals surface area contributed by atoms with E-state index in [-0.39, 0.29) is 23.9 Å². The van der Waals surface area contributed by atoms with Crippen LogP contribution in [-0.4, -0.2) is 38.6 Å². The minimum absolute atomic E-state index is 0. The van der Waals surface area contributed by atoms with Crippen LogP contribution in [-0.2, 0) is 0 Å². The zero-order valence-electron chi connectivity index (χ0n) is 2.29. The van der Waals surface area contributed by atoms with E-state index in [0.29, 0.717) is 0 Å². The smallest absolute Gasteiger partial charge is 0.324 e. The maximum Gasteiger partial charge on any atom is 0.324 e. The third-order valence-corrected chi connectivity index (χ3v) is 0. The Bertz CT molecular complexity index is 11.6. The maximum atomic E-state index is 7.23. The molecule has 0 aromatic heterocycles. The van der Waals surface area contributed by atoms with E-state index < -0.39 is 8.60 Å². The van der Waals surface area contributed by atoms with E-state index in [0.717, 1.165) is 0 Å². The SMILES string of the molecule is OP(O)O.[Sn]. The van der Waals surface area contributed by atoms with E-state index in [1.54, 1.807) is 0 Å². The molecule has 0 aliphatic carbocycles. The Morgan fingerprint density at radius 3 is 1.00 bits per heavy atom. The van der Waals surface area contributed by atoms with Crippen molar-refractivity contribution in [2.75, 3.05) is 0 Å². The summed E-state index contributed by atoms with van der Waals surface area (Å²) in [7, 11) is -2.62. The molecule has 0 spiro atoms. The molecule has 0 fully saturated rings. The van der Waals surface area contributed by atoms with Crippen molar-refractivity contribution in [3.05, 3.63) is 0 Å². The molecule has 0 saturated carbocycles. The van der Waals surface area contributed by atoms with E-state index in [2.05, 4.69) is 0 Å². The fourth-order valence-corrected chi connectivity index (χ4v) is 0. The average molecular weight is 201 g/mol. The van der Waals surface area contributed by atoms with Gasteiger partial charge in [-0.1, -0.05) is 0 Å². The first kappa shape index (κ1) is 9.44. The van der Waals surface area contributed by atoms with Crippen LogP contribution < -0.4 is 0 Å². The minimum atomic E-state index is -2.62. The van der Waals surface area contributed by atoms with Gasteiger partial charge in [-0.05, 0) is 0 Å². The first-order chi connectivity index (χ1) is 1.73. The van der Waals surface area contributed by atoms with Gasteiger partial charge >= 0.3 is 8.60 Å². The van der Waals surface area contributed by atoms with E-state index in [9.17, 15) is 0 Å². The normalized spacial score (nSPS) is 7.20. The van der Waals surface area contributed by atoms with Gasteiger partial charge in [0.1, 0.15) is 0 Å². The standard InChI is InChI=1S/H3O3P.Sn/c1-4(2)3;/h1-3H;. The molecule has 0 aliphatic rings. The average Bonchev–Trinajstić information content (AvgIpc) is 0.811. The topological polar surface area (TPSA) is 60.7 Å². The molecule has 0 rings (SSSR count). The van der Waals surface area contributed by atoms with Gasteiger partial charge in [0, 0.05) is 23.9 Å². The van der Waals surface area contributed by atoms with Crippen molar-refractivity contribution in [2.45, 2.75) is 0 Å². The fraction of sp³-hybridized carbons (Fsp3) is 0. The molecule has 0 aromatic carbocycles. The first-order valence-corrected chi connectivity index (χ1v) is 1.80. The van der Waals surface area contributed by atoms with Gasteiger partial charge in [-0.2, -0.15) is 0 Å². The van der Waals surface area contributed by atoms with E-state index in [4.69, 9.17) is 14.7 Å². The van der Waals surface area contributed by atoms with Crippen molar-refractivity contribution in [1.29, 1.82) is 0 Å². The quantitative estimate of drug-likeness (QED) is 0.341. The van der Waals surface area contributed by atoms with Crippen molar-refractivity contribution in [3.8, 4) is 0 Å². The number of hydrogen-bond donors (Lipinski definition) is 3. The van der Waals surface area contributed by atoms with Crippen LogP contribution in [0.1, 0.15) is 0 Å². The summed E-state index contributed by atoms with van der Waals surface area (Å²) in [6.45, 7) is 0. The van der Waals surface area contributed by atoms with E-state index >= 15 is 0 Å². The molecule has 3 nitrogen and oxygen atoms in total. The molecule has 0 saturated heterocycles. The van der Waals surface area contributed by atoms with Crippen LogP contribution in [0.2, 0.25) is 0 Å². The third-order valence-electron chi connectivity index (χ3n) is 0. The van der Waals surface area contributed by atoms with Crippen molar-refractivity contribution < 1.29 is 14.7 Å². The van der Waals surface area contributed by atoms with Gasteiger partial charge in [-0.3, -0.25) is 0 Å². The maximum absolute atomic E-state index is 7.23. The molecule has 0 aliphatic heterocycles. The number of rotatable bonds is 0. The second-order valence-corrected chi connectivity index (χ2v) is 0.805. The van der Waals surface area contributed by atoms with Crippen LogP contribution in [0.4, 0.5) is 0 Å². The molecule has 0 aromatic rings. The Morgan fingerprint density at radius 2 is 1.00 bits per heavy atom. The molecule has 4 radical (unpaired) electrons. The Labute approximate surface area is 47.6 Å². The molecule has 0 amide bonds. The summed E-state index contributed by atoms with van der Waals surface area (Å²) in [6, 6.07) is 0. The zero-order valence-corrected chi connectivity index (χ0v) is 6.04. The summed E-state index contributed by atoms with van der Waals surface area (Å²) in [4.78, 5) is 21.7. The summed E-state index contributed by atoms with van der Waals surface area (Å²) in [5, 5.41) is 0. The van der Waals surface area contributed by atoms with E-state index in [1.807, 2.05) is 0 Å². The van der Waals surface area contributed by atoms with Crippen LogP contribution in [0.15, 0.2) is 0 Å². The second kappa shape index (κ2) is 5.11. The predicted octanol–water partition coefficient (Wildman–Crippen LogP) is -1.19. The molecule has 0 unspecified atom stereocenters. The summed E-state index contributed by atoms with van der Waals surface area (Å²) in [5.41, 5.74) is 0. The predicted molar refractivity (Wildman–Crippen MR) is 19.3 cm³/mol. The Morgan fingerprint density at radius 1 is 1.00 bits per heavy atom. The van der Waals surface area contributed by atoms with Crippen LogP contribution >= 0.6 is 8.60 Å². The van der Waals surface area contributed by atoms with Gasteiger partial charge in [-0.15, -0.1) is 0 Å². The van der Waals surface area contributed by atoms with Crippen LogP contribution in [0, 0.1) is 0 Å². The molecule has 0 atom stereocenters. The van der Waals surface area contributed by atoms with Gasteiger partial charge in [0.15, 0.2) is 0 Å². The van der Waals surface area contributed by atoms with Crippen molar-refractivity contribution in [2.24, 2.45) is 0 Å². The summed E-state index contributed by atoms with van der Waals surface area (Å²) in [6.07, 6.45) is 0. The Kier molecular flexibility index (Phi) is 9.65. The van der Waals surface area contributed by atoms with Crippen molar-refractivity contribution in [3.63, 3.8) is 0 Å². The summed E-state index contributed by atoms with van der Waals surface area (Å²) >= 11 is 0. The minimum Gasteiger partial charge on any atom is -0.328 e. The monoisotopic (exact) mass is 202 g/mol. The molecular formula is H3O3PSn. The third kappa shape index (κ3) is 40.2. The molecule has 30 valence electrons. The van der Waals surface area contributed by atoms with Crippen LogP contribution in [0.5, 0.6) is 0 Å². The largest absolute Gasteiger partial charge is 0.328 e. The van der Waals surface area contributed by atoms with Crippen LogP contribution in [0.3, 0.4) is 0 Å². The molecule has 5 heavy (non-hydrogen) atoms. The Balaban J connectivity index is 0. The molecule has 0 bridgehead atoms.